The number of hydrogen-bond donors (Lipinski definition) is 0. The van der Waals surface area contributed by atoms with Crippen LogP contribution in [-0.2, 0) is 19.1 Å². The van der Waals surface area contributed by atoms with Gasteiger partial charge in [0.05, 0.1) is 13.2 Å². The van der Waals surface area contributed by atoms with Gasteiger partial charge in [0.25, 0.3) is 0 Å². The Hall–Kier alpha value is -1.32. The number of esters is 2. The van der Waals surface area contributed by atoms with Gasteiger partial charge in [-0.05, 0) is 32.1 Å². The van der Waals surface area contributed by atoms with Crippen LogP contribution in [0.2, 0.25) is 0 Å². The van der Waals surface area contributed by atoms with E-state index in [9.17, 15) is 9.59 Å². The van der Waals surface area contributed by atoms with E-state index in [1.807, 2.05) is 6.92 Å². The summed E-state index contributed by atoms with van der Waals surface area (Å²) in [5.74, 6) is -0.655. The van der Waals surface area contributed by atoms with Crippen molar-refractivity contribution in [2.75, 3.05) is 13.2 Å². The summed E-state index contributed by atoms with van der Waals surface area (Å²) in [5, 5.41) is 0. The molecular formula is C27H50O4. The first-order chi connectivity index (χ1) is 15.1. The smallest absolute Gasteiger partial charge is 0.334 e. The van der Waals surface area contributed by atoms with Crippen molar-refractivity contribution in [2.45, 2.75) is 137 Å². The van der Waals surface area contributed by atoms with Crippen molar-refractivity contribution < 1.29 is 19.1 Å². The third-order valence-corrected chi connectivity index (χ3v) is 5.70. The fourth-order valence-electron chi connectivity index (χ4n) is 3.68. The molecule has 0 aromatic rings. The van der Waals surface area contributed by atoms with E-state index in [2.05, 4.69) is 20.8 Å². The highest BCUT2D eigenvalue weighted by Gasteiger charge is 2.21. The molecule has 0 bridgehead atoms. The Labute approximate surface area is 192 Å². The number of rotatable bonds is 21. The van der Waals surface area contributed by atoms with E-state index < -0.39 is 0 Å². The van der Waals surface area contributed by atoms with Gasteiger partial charge in [-0.1, -0.05) is 105 Å². The van der Waals surface area contributed by atoms with Crippen LogP contribution in [0.5, 0.6) is 0 Å². The summed E-state index contributed by atoms with van der Waals surface area (Å²) in [6.07, 6.45) is 17.9. The van der Waals surface area contributed by atoms with E-state index in [0.717, 1.165) is 44.9 Å². The average molecular weight is 439 g/mol. The molecule has 0 saturated heterocycles. The van der Waals surface area contributed by atoms with Crippen LogP contribution in [0, 0.1) is 0 Å². The Balaban J connectivity index is 4.68. The highest BCUT2D eigenvalue weighted by atomic mass is 16.5. The summed E-state index contributed by atoms with van der Waals surface area (Å²) in [6.45, 7) is 9.34. The maximum atomic E-state index is 12.8. The van der Waals surface area contributed by atoms with Crippen molar-refractivity contribution in [2.24, 2.45) is 0 Å². The van der Waals surface area contributed by atoms with Crippen molar-refractivity contribution >= 4 is 11.9 Å². The van der Waals surface area contributed by atoms with Crippen LogP contribution in [0.1, 0.15) is 137 Å². The minimum absolute atomic E-state index is 0.321. The van der Waals surface area contributed by atoms with Crippen LogP contribution in [0.15, 0.2) is 11.1 Å². The van der Waals surface area contributed by atoms with Gasteiger partial charge >= 0.3 is 11.9 Å². The van der Waals surface area contributed by atoms with Gasteiger partial charge in [-0.25, -0.2) is 9.59 Å². The Bertz CT molecular complexity index is 482. The maximum Gasteiger partial charge on any atom is 0.334 e. The standard InChI is InChI=1S/C27H50O4/c1-5-9-12-14-16-19-22-30-26(28)24(8-4)25(21-18-11-7-3)27(29)31-23-20-17-15-13-10-6-2/h5-23H2,1-4H3/b25-24-. The van der Waals surface area contributed by atoms with Gasteiger partial charge in [-0.15, -0.1) is 0 Å². The van der Waals surface area contributed by atoms with E-state index in [0.29, 0.717) is 37.2 Å². The van der Waals surface area contributed by atoms with Gasteiger partial charge in [0, 0.05) is 11.1 Å². The molecule has 0 atom stereocenters. The zero-order valence-electron chi connectivity index (χ0n) is 21.1. The second-order valence-corrected chi connectivity index (χ2v) is 8.58. The Kier molecular flexibility index (Phi) is 21.0. The molecule has 0 unspecified atom stereocenters. The summed E-state index contributed by atoms with van der Waals surface area (Å²) >= 11 is 0. The molecule has 4 heteroatoms. The van der Waals surface area contributed by atoms with E-state index in [4.69, 9.17) is 9.47 Å². The van der Waals surface area contributed by atoms with Gasteiger partial charge in [-0.3, -0.25) is 0 Å². The van der Waals surface area contributed by atoms with Crippen molar-refractivity contribution in [1.29, 1.82) is 0 Å². The second kappa shape index (κ2) is 21.9. The third-order valence-electron chi connectivity index (χ3n) is 5.70. The van der Waals surface area contributed by atoms with E-state index in [1.165, 1.54) is 51.4 Å². The molecule has 4 nitrogen and oxygen atoms in total. The van der Waals surface area contributed by atoms with Crippen molar-refractivity contribution in [3.8, 4) is 0 Å². The van der Waals surface area contributed by atoms with Gasteiger partial charge in [-0.2, -0.15) is 0 Å². The van der Waals surface area contributed by atoms with Gasteiger partial charge in [0.1, 0.15) is 0 Å². The third kappa shape index (κ3) is 16.0. The Morgan fingerprint density at radius 1 is 0.484 bits per heavy atom. The molecule has 0 saturated carbocycles. The van der Waals surface area contributed by atoms with Crippen molar-refractivity contribution in [3.63, 3.8) is 0 Å². The molecule has 0 heterocycles. The zero-order chi connectivity index (χ0) is 23.2. The van der Waals surface area contributed by atoms with E-state index in [-0.39, 0.29) is 11.9 Å². The van der Waals surface area contributed by atoms with Crippen LogP contribution >= 0.6 is 0 Å². The molecule has 182 valence electrons. The Morgan fingerprint density at radius 2 is 0.871 bits per heavy atom. The summed E-state index contributed by atoms with van der Waals surface area (Å²) in [7, 11) is 0. The Morgan fingerprint density at radius 3 is 1.32 bits per heavy atom. The molecule has 0 aliphatic rings. The molecule has 0 aromatic carbocycles. The first-order valence-electron chi connectivity index (χ1n) is 13.2. The molecule has 0 aliphatic heterocycles. The minimum Gasteiger partial charge on any atom is -0.462 e. The van der Waals surface area contributed by atoms with Crippen LogP contribution in [0.4, 0.5) is 0 Å². The number of carbonyl (C=O) groups is 2. The van der Waals surface area contributed by atoms with Crippen LogP contribution in [-0.4, -0.2) is 25.2 Å². The molecule has 0 rings (SSSR count). The molecule has 0 spiro atoms. The normalized spacial score (nSPS) is 11.9. The van der Waals surface area contributed by atoms with Gasteiger partial charge in [0.2, 0.25) is 0 Å². The minimum atomic E-state index is -0.334. The molecule has 0 aromatic heterocycles. The summed E-state index contributed by atoms with van der Waals surface area (Å²) in [4.78, 5) is 25.4. The lowest BCUT2D eigenvalue weighted by Crippen LogP contribution is -2.17. The van der Waals surface area contributed by atoms with Crippen LogP contribution in [0.3, 0.4) is 0 Å². The highest BCUT2D eigenvalue weighted by Crippen LogP contribution is 2.20. The lowest BCUT2D eigenvalue weighted by molar-refractivity contribution is -0.142. The largest absolute Gasteiger partial charge is 0.462 e. The van der Waals surface area contributed by atoms with Gasteiger partial charge in [0.15, 0.2) is 0 Å². The fourth-order valence-corrected chi connectivity index (χ4v) is 3.68. The van der Waals surface area contributed by atoms with Crippen LogP contribution in [0.25, 0.3) is 0 Å². The monoisotopic (exact) mass is 438 g/mol. The number of hydrogen-bond acceptors (Lipinski definition) is 4. The van der Waals surface area contributed by atoms with Crippen LogP contribution < -0.4 is 0 Å². The zero-order valence-corrected chi connectivity index (χ0v) is 21.1. The van der Waals surface area contributed by atoms with Gasteiger partial charge < -0.3 is 9.47 Å². The quantitative estimate of drug-likeness (QED) is 0.103. The lowest BCUT2D eigenvalue weighted by atomic mass is 9.99. The highest BCUT2D eigenvalue weighted by molar-refractivity contribution is 6.00. The van der Waals surface area contributed by atoms with Crippen molar-refractivity contribution in [3.05, 3.63) is 11.1 Å². The number of ether oxygens (including phenoxy) is 2. The molecular weight excluding hydrogens is 388 g/mol. The number of unbranched alkanes of at least 4 members (excludes halogenated alkanes) is 12. The summed E-state index contributed by atoms with van der Waals surface area (Å²) in [5.41, 5.74) is 1.05. The summed E-state index contributed by atoms with van der Waals surface area (Å²) < 4.78 is 11.1. The first kappa shape index (κ1) is 29.7. The SMILES string of the molecule is CCCCCCCCOC(=O)/C(CC)=C(/CCCCC)C(=O)OCCCCCCCC. The molecule has 0 radical (unpaired) electrons. The van der Waals surface area contributed by atoms with E-state index >= 15 is 0 Å². The predicted octanol–water partition coefficient (Wildman–Crippen LogP) is 8.08. The average Bonchev–Trinajstić information content (AvgIpc) is 2.77. The first-order valence-corrected chi connectivity index (χ1v) is 13.2. The fraction of sp³-hybridized carbons (Fsp3) is 0.852. The molecule has 0 aliphatic carbocycles. The summed E-state index contributed by atoms with van der Waals surface area (Å²) in [6, 6.07) is 0. The van der Waals surface area contributed by atoms with Crippen molar-refractivity contribution in [1.82, 2.24) is 0 Å². The molecule has 0 fully saturated rings. The molecule has 31 heavy (non-hydrogen) atoms. The maximum absolute atomic E-state index is 12.8. The second-order valence-electron chi connectivity index (χ2n) is 8.58. The van der Waals surface area contributed by atoms with E-state index in [1.54, 1.807) is 0 Å². The number of carbonyl (C=O) groups excluding carboxylic acids is 2. The molecule has 0 N–H and O–H groups in total. The molecule has 0 amide bonds. The predicted molar refractivity (Wildman–Crippen MR) is 130 cm³/mol. The topological polar surface area (TPSA) is 52.6 Å². The lowest BCUT2D eigenvalue weighted by Gasteiger charge is -2.14.